The summed E-state index contributed by atoms with van der Waals surface area (Å²) in [7, 11) is 0. The van der Waals surface area contributed by atoms with Crippen LogP contribution in [0.5, 0.6) is 0 Å². The number of rotatable bonds is 4. The molecule has 0 fully saturated rings. The first-order valence-corrected chi connectivity index (χ1v) is 6.43. The van der Waals surface area contributed by atoms with Crippen molar-refractivity contribution in [3.63, 3.8) is 0 Å². The van der Waals surface area contributed by atoms with E-state index >= 15 is 0 Å². The van der Waals surface area contributed by atoms with E-state index in [2.05, 4.69) is 16.0 Å². The maximum atomic E-state index is 12.1. The first-order chi connectivity index (χ1) is 9.08. The molecule has 0 saturated heterocycles. The van der Waals surface area contributed by atoms with Gasteiger partial charge in [-0.15, -0.1) is 0 Å². The highest BCUT2D eigenvalue weighted by atomic mass is 16.1. The summed E-state index contributed by atoms with van der Waals surface area (Å²) < 4.78 is 0. The standard InChI is InChI=1S/C16H18N2O/c1-4-16-17-10-14(18-16)5-6-15(19)13-8-11(2)7-12(3)9-13/h5-10H,4H2,1-3H3,(H,17,18)/b6-5+. The first-order valence-electron chi connectivity index (χ1n) is 6.43. The zero-order chi connectivity index (χ0) is 13.8. The van der Waals surface area contributed by atoms with Gasteiger partial charge >= 0.3 is 0 Å². The molecule has 1 aromatic carbocycles. The topological polar surface area (TPSA) is 45.8 Å². The van der Waals surface area contributed by atoms with Crippen LogP contribution in [0.2, 0.25) is 0 Å². The van der Waals surface area contributed by atoms with Crippen LogP contribution in [0, 0.1) is 13.8 Å². The van der Waals surface area contributed by atoms with Crippen LogP contribution >= 0.6 is 0 Å². The number of imidazole rings is 1. The molecule has 19 heavy (non-hydrogen) atoms. The Morgan fingerprint density at radius 1 is 1.26 bits per heavy atom. The van der Waals surface area contributed by atoms with Crippen molar-refractivity contribution >= 4 is 11.9 Å². The molecule has 1 N–H and O–H groups in total. The Balaban J connectivity index is 2.16. The highest BCUT2D eigenvalue weighted by Gasteiger charge is 2.03. The number of hydrogen-bond acceptors (Lipinski definition) is 2. The number of benzene rings is 1. The summed E-state index contributed by atoms with van der Waals surface area (Å²) in [5.74, 6) is 0.943. The van der Waals surface area contributed by atoms with Gasteiger partial charge in [-0.05, 0) is 38.1 Å². The number of allylic oxidation sites excluding steroid dienone is 1. The van der Waals surface area contributed by atoms with E-state index in [0.717, 1.165) is 34.6 Å². The summed E-state index contributed by atoms with van der Waals surface area (Å²) in [5, 5.41) is 0. The van der Waals surface area contributed by atoms with Crippen molar-refractivity contribution in [2.45, 2.75) is 27.2 Å². The minimum absolute atomic E-state index is 0.0134. The third-order valence-corrected chi connectivity index (χ3v) is 2.90. The number of aromatic amines is 1. The lowest BCUT2D eigenvalue weighted by molar-refractivity contribution is 0.104. The number of carbonyl (C=O) groups excluding carboxylic acids is 1. The first kappa shape index (κ1) is 13.3. The van der Waals surface area contributed by atoms with E-state index in [0.29, 0.717) is 0 Å². The Labute approximate surface area is 113 Å². The van der Waals surface area contributed by atoms with Crippen molar-refractivity contribution in [1.29, 1.82) is 0 Å². The van der Waals surface area contributed by atoms with E-state index in [1.165, 1.54) is 0 Å². The van der Waals surface area contributed by atoms with Gasteiger partial charge in [-0.1, -0.05) is 24.1 Å². The second-order valence-corrected chi connectivity index (χ2v) is 4.71. The molecule has 2 aromatic rings. The summed E-state index contributed by atoms with van der Waals surface area (Å²) in [6.45, 7) is 6.03. The molecule has 0 radical (unpaired) electrons. The van der Waals surface area contributed by atoms with Gasteiger partial charge in [0, 0.05) is 12.0 Å². The second kappa shape index (κ2) is 5.65. The van der Waals surface area contributed by atoms with E-state index in [-0.39, 0.29) is 5.78 Å². The monoisotopic (exact) mass is 254 g/mol. The molecule has 0 bridgehead atoms. The Bertz CT molecular complexity index is 603. The molecular formula is C16H18N2O. The molecule has 0 aliphatic rings. The lowest BCUT2D eigenvalue weighted by Gasteiger charge is -2.00. The van der Waals surface area contributed by atoms with Crippen LogP contribution in [-0.2, 0) is 6.42 Å². The predicted molar refractivity (Wildman–Crippen MR) is 77.2 cm³/mol. The van der Waals surface area contributed by atoms with E-state index in [9.17, 15) is 4.79 Å². The van der Waals surface area contributed by atoms with Gasteiger partial charge in [-0.25, -0.2) is 4.98 Å². The summed E-state index contributed by atoms with van der Waals surface area (Å²) in [5.41, 5.74) is 3.79. The molecule has 0 atom stereocenters. The Hall–Kier alpha value is -2.16. The van der Waals surface area contributed by atoms with Crippen molar-refractivity contribution in [1.82, 2.24) is 9.97 Å². The van der Waals surface area contributed by atoms with Gasteiger partial charge < -0.3 is 4.98 Å². The number of aryl methyl sites for hydroxylation is 3. The number of aromatic nitrogens is 2. The van der Waals surface area contributed by atoms with Crippen LogP contribution in [0.15, 0.2) is 30.5 Å². The summed E-state index contributed by atoms with van der Waals surface area (Å²) in [6, 6.07) is 5.87. The highest BCUT2D eigenvalue weighted by molar-refractivity contribution is 6.06. The zero-order valence-corrected chi connectivity index (χ0v) is 11.5. The van der Waals surface area contributed by atoms with Gasteiger partial charge in [0.05, 0.1) is 11.9 Å². The highest BCUT2D eigenvalue weighted by Crippen LogP contribution is 2.11. The van der Waals surface area contributed by atoms with Gasteiger partial charge in [-0.3, -0.25) is 4.79 Å². The minimum Gasteiger partial charge on any atom is -0.343 e. The Kier molecular flexibility index (Phi) is 3.95. The van der Waals surface area contributed by atoms with Crippen molar-refractivity contribution in [2.24, 2.45) is 0 Å². The number of nitrogens with zero attached hydrogens (tertiary/aromatic N) is 1. The molecule has 1 heterocycles. The fraction of sp³-hybridized carbons (Fsp3) is 0.250. The Morgan fingerprint density at radius 3 is 2.53 bits per heavy atom. The van der Waals surface area contributed by atoms with Crippen molar-refractivity contribution in [3.8, 4) is 0 Å². The van der Waals surface area contributed by atoms with Crippen LogP contribution in [0.25, 0.3) is 6.08 Å². The predicted octanol–water partition coefficient (Wildman–Crippen LogP) is 3.49. The van der Waals surface area contributed by atoms with Gasteiger partial charge in [0.2, 0.25) is 0 Å². The number of ketones is 1. The van der Waals surface area contributed by atoms with Gasteiger partial charge in [0.25, 0.3) is 0 Å². The lowest BCUT2D eigenvalue weighted by Crippen LogP contribution is -1.95. The molecule has 0 aliphatic heterocycles. The number of carbonyl (C=O) groups is 1. The zero-order valence-electron chi connectivity index (χ0n) is 11.5. The van der Waals surface area contributed by atoms with Crippen LogP contribution in [-0.4, -0.2) is 15.8 Å². The van der Waals surface area contributed by atoms with Crippen LogP contribution in [0.4, 0.5) is 0 Å². The van der Waals surface area contributed by atoms with E-state index < -0.39 is 0 Å². The fourth-order valence-electron chi connectivity index (χ4n) is 2.02. The number of H-pyrrole nitrogens is 1. The summed E-state index contributed by atoms with van der Waals surface area (Å²) in [6.07, 6.45) is 5.95. The molecule has 0 saturated carbocycles. The van der Waals surface area contributed by atoms with Crippen molar-refractivity contribution < 1.29 is 4.79 Å². The van der Waals surface area contributed by atoms with Gasteiger partial charge in [-0.2, -0.15) is 0 Å². The smallest absolute Gasteiger partial charge is 0.185 e. The molecule has 2 rings (SSSR count). The van der Waals surface area contributed by atoms with Crippen molar-refractivity contribution in [2.75, 3.05) is 0 Å². The van der Waals surface area contributed by atoms with E-state index in [4.69, 9.17) is 0 Å². The average Bonchev–Trinajstić information content (AvgIpc) is 2.82. The molecule has 1 aromatic heterocycles. The quantitative estimate of drug-likeness (QED) is 0.670. The molecule has 0 amide bonds. The lowest BCUT2D eigenvalue weighted by atomic mass is 10.0. The van der Waals surface area contributed by atoms with E-state index in [1.54, 1.807) is 18.3 Å². The molecule has 98 valence electrons. The molecule has 0 spiro atoms. The third kappa shape index (κ3) is 3.41. The van der Waals surface area contributed by atoms with Crippen molar-refractivity contribution in [3.05, 3.63) is 58.7 Å². The number of nitrogens with one attached hydrogen (secondary N) is 1. The molecule has 0 unspecified atom stereocenters. The van der Waals surface area contributed by atoms with E-state index in [1.807, 2.05) is 32.9 Å². The third-order valence-electron chi connectivity index (χ3n) is 2.90. The fourth-order valence-corrected chi connectivity index (χ4v) is 2.02. The maximum Gasteiger partial charge on any atom is 0.185 e. The molecule has 3 heteroatoms. The van der Waals surface area contributed by atoms with Crippen LogP contribution < -0.4 is 0 Å². The molecule has 0 aliphatic carbocycles. The maximum absolute atomic E-state index is 12.1. The summed E-state index contributed by atoms with van der Waals surface area (Å²) in [4.78, 5) is 19.4. The largest absolute Gasteiger partial charge is 0.343 e. The minimum atomic E-state index is 0.0134. The Morgan fingerprint density at radius 2 is 1.95 bits per heavy atom. The summed E-state index contributed by atoms with van der Waals surface area (Å²) >= 11 is 0. The number of hydrogen-bond donors (Lipinski definition) is 1. The van der Waals surface area contributed by atoms with Crippen LogP contribution in [0.3, 0.4) is 0 Å². The van der Waals surface area contributed by atoms with Crippen LogP contribution in [0.1, 0.15) is 39.9 Å². The normalized spacial score (nSPS) is 11.1. The van der Waals surface area contributed by atoms with Gasteiger partial charge in [0.15, 0.2) is 5.78 Å². The molecule has 3 nitrogen and oxygen atoms in total. The second-order valence-electron chi connectivity index (χ2n) is 4.71. The molecular weight excluding hydrogens is 236 g/mol. The average molecular weight is 254 g/mol. The SMILES string of the molecule is CCc1ncc(/C=C/C(=O)c2cc(C)cc(C)c2)[nH]1. The van der Waals surface area contributed by atoms with Gasteiger partial charge in [0.1, 0.15) is 5.82 Å².